The lowest BCUT2D eigenvalue weighted by molar-refractivity contribution is 0.108. The van der Waals surface area contributed by atoms with Gasteiger partial charge in [0.25, 0.3) is 0 Å². The molecule has 1 aliphatic heterocycles. The molecule has 0 aromatic heterocycles. The van der Waals surface area contributed by atoms with Crippen molar-refractivity contribution < 1.29 is 5.11 Å². The second-order valence-corrected chi connectivity index (χ2v) is 7.08. The summed E-state index contributed by atoms with van der Waals surface area (Å²) in [4.78, 5) is 6.92. The van der Waals surface area contributed by atoms with Gasteiger partial charge in [-0.1, -0.05) is 28.1 Å². The van der Waals surface area contributed by atoms with Gasteiger partial charge in [-0.15, -0.1) is 24.0 Å². The van der Waals surface area contributed by atoms with Crippen LogP contribution in [0.25, 0.3) is 0 Å². The van der Waals surface area contributed by atoms with Crippen molar-refractivity contribution in [2.24, 2.45) is 4.99 Å². The number of aliphatic hydroxyl groups is 1. The summed E-state index contributed by atoms with van der Waals surface area (Å²) < 4.78 is 1.13. The molecule has 3 rings (SSSR count). The largest absolute Gasteiger partial charge is 0.393 e. The van der Waals surface area contributed by atoms with E-state index in [1.165, 1.54) is 12.0 Å². The highest BCUT2D eigenvalue weighted by atomic mass is 127. The van der Waals surface area contributed by atoms with Crippen molar-refractivity contribution in [1.29, 1.82) is 0 Å². The normalized spacial score (nSPS) is 25.0. The van der Waals surface area contributed by atoms with Crippen molar-refractivity contribution in [3.63, 3.8) is 0 Å². The number of nitrogens with one attached hydrogen (secondary N) is 1. The lowest BCUT2D eigenvalue weighted by atomic mass is 10.1. The van der Waals surface area contributed by atoms with Gasteiger partial charge in [0.05, 0.1) is 6.10 Å². The number of aliphatic imine (C=N–C) groups is 1. The standard InChI is InChI=1S/C17H24BrN3O.HI/c1-2-19-17(21-9-7-14(22)8-10-21)20-16-11-15(16)12-3-5-13(18)6-4-12;/h3-6,14-16,22H,2,7-11H2,1H3,(H,19,20);1H. The van der Waals surface area contributed by atoms with Gasteiger partial charge in [-0.2, -0.15) is 0 Å². The van der Waals surface area contributed by atoms with Crippen molar-refractivity contribution in [1.82, 2.24) is 10.2 Å². The fourth-order valence-electron chi connectivity index (χ4n) is 3.06. The van der Waals surface area contributed by atoms with Crippen LogP contribution in [0.5, 0.6) is 0 Å². The molecule has 6 heteroatoms. The Kier molecular flexibility index (Phi) is 7.16. The number of nitrogens with zero attached hydrogens (tertiary/aromatic N) is 2. The average molecular weight is 494 g/mol. The summed E-state index contributed by atoms with van der Waals surface area (Å²) in [5.74, 6) is 1.60. The molecule has 0 bridgehead atoms. The van der Waals surface area contributed by atoms with Gasteiger partial charge < -0.3 is 15.3 Å². The molecule has 2 atom stereocenters. The molecule has 0 spiro atoms. The Bertz CT molecular complexity index is 529. The van der Waals surface area contributed by atoms with E-state index in [0.717, 1.165) is 42.9 Å². The van der Waals surface area contributed by atoms with Crippen molar-refractivity contribution in [2.45, 2.75) is 44.2 Å². The van der Waals surface area contributed by atoms with Crippen LogP contribution in [0.15, 0.2) is 33.7 Å². The van der Waals surface area contributed by atoms with Crippen LogP contribution in [-0.4, -0.2) is 47.7 Å². The summed E-state index contributed by atoms with van der Waals surface area (Å²) in [6.07, 6.45) is 2.70. The second kappa shape index (κ2) is 8.67. The van der Waals surface area contributed by atoms with Crippen LogP contribution < -0.4 is 5.32 Å². The lowest BCUT2D eigenvalue weighted by Crippen LogP contribution is -2.47. The van der Waals surface area contributed by atoms with E-state index in [1.807, 2.05) is 0 Å². The maximum Gasteiger partial charge on any atom is 0.194 e. The van der Waals surface area contributed by atoms with Crippen LogP contribution in [0, 0.1) is 0 Å². The molecule has 1 aromatic carbocycles. The van der Waals surface area contributed by atoms with E-state index >= 15 is 0 Å². The molecule has 2 aliphatic rings. The van der Waals surface area contributed by atoms with Crippen molar-refractivity contribution in [3.05, 3.63) is 34.3 Å². The quantitative estimate of drug-likeness (QED) is 0.385. The van der Waals surface area contributed by atoms with Crippen molar-refractivity contribution >= 4 is 45.9 Å². The molecule has 2 unspecified atom stereocenters. The summed E-state index contributed by atoms with van der Waals surface area (Å²) in [5.41, 5.74) is 1.39. The first-order valence-corrected chi connectivity index (χ1v) is 8.96. The number of rotatable bonds is 3. The third-order valence-electron chi connectivity index (χ3n) is 4.47. The molecule has 4 nitrogen and oxygen atoms in total. The first-order chi connectivity index (χ1) is 10.7. The first kappa shape index (κ1) is 19.0. The summed E-state index contributed by atoms with van der Waals surface area (Å²) in [5, 5.41) is 13.3. The summed E-state index contributed by atoms with van der Waals surface area (Å²) in [6.45, 7) is 4.64. The van der Waals surface area contributed by atoms with Crippen molar-refractivity contribution in [2.75, 3.05) is 19.6 Å². The van der Waals surface area contributed by atoms with E-state index in [2.05, 4.69) is 62.3 Å². The molecule has 1 saturated carbocycles. The molecule has 1 aliphatic carbocycles. The predicted molar refractivity (Wildman–Crippen MR) is 109 cm³/mol. The van der Waals surface area contributed by atoms with Crippen LogP contribution in [-0.2, 0) is 0 Å². The molecule has 1 heterocycles. The van der Waals surface area contributed by atoms with Gasteiger partial charge in [-0.05, 0) is 43.9 Å². The van der Waals surface area contributed by atoms with Gasteiger partial charge in [0.2, 0.25) is 0 Å². The van der Waals surface area contributed by atoms with Crippen LogP contribution >= 0.6 is 39.9 Å². The summed E-state index contributed by atoms with van der Waals surface area (Å²) in [6, 6.07) is 9.10. The Balaban J connectivity index is 0.00000192. The molecule has 1 aromatic rings. The number of benzene rings is 1. The van der Waals surface area contributed by atoms with Crippen LogP contribution in [0.2, 0.25) is 0 Å². The van der Waals surface area contributed by atoms with Gasteiger partial charge in [0.1, 0.15) is 0 Å². The zero-order chi connectivity index (χ0) is 15.5. The third kappa shape index (κ3) is 5.06. The Labute approximate surface area is 163 Å². The minimum absolute atomic E-state index is 0. The van der Waals surface area contributed by atoms with Gasteiger partial charge >= 0.3 is 0 Å². The topological polar surface area (TPSA) is 47.9 Å². The molecule has 2 N–H and O–H groups in total. The van der Waals surface area contributed by atoms with Gasteiger partial charge in [-0.3, -0.25) is 4.99 Å². The second-order valence-electron chi connectivity index (χ2n) is 6.16. The smallest absolute Gasteiger partial charge is 0.194 e. The molecule has 0 radical (unpaired) electrons. The number of piperidine rings is 1. The Morgan fingerprint density at radius 1 is 1.30 bits per heavy atom. The number of hydrogen-bond acceptors (Lipinski definition) is 2. The van der Waals surface area contributed by atoms with E-state index in [4.69, 9.17) is 0 Å². The number of aliphatic hydroxyl groups excluding tert-OH is 1. The van der Waals surface area contributed by atoms with E-state index < -0.39 is 0 Å². The highest BCUT2D eigenvalue weighted by Crippen LogP contribution is 2.41. The first-order valence-electron chi connectivity index (χ1n) is 8.17. The minimum atomic E-state index is -0.143. The zero-order valence-corrected chi connectivity index (χ0v) is 17.3. The molecule has 23 heavy (non-hydrogen) atoms. The molecule has 0 amide bonds. The number of halogens is 2. The average Bonchev–Trinajstić information content (AvgIpc) is 3.28. The van der Waals surface area contributed by atoms with Gasteiger partial charge in [-0.25, -0.2) is 0 Å². The Morgan fingerprint density at radius 3 is 2.57 bits per heavy atom. The number of likely N-dealkylation sites (tertiary alicyclic amines) is 1. The molecule has 2 fully saturated rings. The maximum atomic E-state index is 9.66. The van der Waals surface area contributed by atoms with Crippen LogP contribution in [0.3, 0.4) is 0 Å². The summed E-state index contributed by atoms with van der Waals surface area (Å²) in [7, 11) is 0. The molecule has 128 valence electrons. The molecular weight excluding hydrogens is 469 g/mol. The Morgan fingerprint density at radius 2 is 1.96 bits per heavy atom. The number of guanidine groups is 1. The van der Waals surface area contributed by atoms with E-state index in [9.17, 15) is 5.11 Å². The highest BCUT2D eigenvalue weighted by molar-refractivity contribution is 14.0. The third-order valence-corrected chi connectivity index (χ3v) is 5.00. The monoisotopic (exact) mass is 493 g/mol. The SMILES string of the molecule is CCN=C(NC1CC1c1ccc(Br)cc1)N1CCC(O)CC1.I. The highest BCUT2D eigenvalue weighted by Gasteiger charge is 2.39. The molecular formula is C17H25BrIN3O. The van der Waals surface area contributed by atoms with Gasteiger partial charge in [0.15, 0.2) is 5.96 Å². The lowest BCUT2D eigenvalue weighted by Gasteiger charge is -2.32. The van der Waals surface area contributed by atoms with E-state index in [0.29, 0.717) is 12.0 Å². The van der Waals surface area contributed by atoms with Gasteiger partial charge in [0, 0.05) is 36.1 Å². The summed E-state index contributed by atoms with van der Waals surface area (Å²) >= 11 is 3.49. The fraction of sp³-hybridized carbons (Fsp3) is 0.588. The Hall–Kier alpha value is -0.340. The fourth-order valence-corrected chi connectivity index (χ4v) is 3.33. The van der Waals surface area contributed by atoms with Crippen molar-refractivity contribution in [3.8, 4) is 0 Å². The van der Waals surface area contributed by atoms with E-state index in [-0.39, 0.29) is 30.1 Å². The zero-order valence-electron chi connectivity index (χ0n) is 13.4. The van der Waals surface area contributed by atoms with Crippen LogP contribution in [0.1, 0.15) is 37.7 Å². The molecule has 1 saturated heterocycles. The van der Waals surface area contributed by atoms with Crippen LogP contribution in [0.4, 0.5) is 0 Å². The number of hydrogen-bond donors (Lipinski definition) is 2. The maximum absolute atomic E-state index is 9.66. The predicted octanol–water partition coefficient (Wildman–Crippen LogP) is 3.35. The minimum Gasteiger partial charge on any atom is -0.393 e. The van der Waals surface area contributed by atoms with E-state index in [1.54, 1.807) is 0 Å².